The highest BCUT2D eigenvalue weighted by Gasteiger charge is 2.38. The van der Waals surface area contributed by atoms with Crippen LogP contribution in [0.25, 0.3) is 0 Å². The Morgan fingerprint density at radius 1 is 0.909 bits per heavy atom. The van der Waals surface area contributed by atoms with Crippen LogP contribution in [0, 0.1) is 0 Å². The average molecular weight is 305 g/mol. The zero-order valence-electron chi connectivity index (χ0n) is 11.2. The number of para-hydroxylation sites is 1. The molecule has 1 amide bonds. The van der Waals surface area contributed by atoms with Crippen molar-refractivity contribution >= 4 is 17.4 Å². The minimum atomic E-state index is -4.51. The minimum absolute atomic E-state index is 0.0483. The third kappa shape index (κ3) is 2.26. The van der Waals surface area contributed by atoms with E-state index < -0.39 is 23.4 Å². The third-order valence-electron chi connectivity index (χ3n) is 3.53. The molecular formula is C16H10F3NO2. The molecular weight excluding hydrogens is 295 g/mol. The number of amides is 1. The van der Waals surface area contributed by atoms with Crippen molar-refractivity contribution in [1.29, 1.82) is 0 Å². The standard InChI is InChI=1S/C16H10F3NO2/c17-16(18,19)12-7-3-1-5-10(12)9-20-13-8-4-2-6-11(13)14(21)15(20)22/h1-8H,9H2. The third-order valence-corrected chi connectivity index (χ3v) is 3.53. The predicted molar refractivity (Wildman–Crippen MR) is 73.4 cm³/mol. The first kappa shape index (κ1) is 14.3. The number of alkyl halides is 3. The molecule has 0 radical (unpaired) electrons. The Morgan fingerprint density at radius 3 is 2.27 bits per heavy atom. The number of hydrogen-bond donors (Lipinski definition) is 0. The number of fused-ring (bicyclic) bond motifs is 1. The van der Waals surface area contributed by atoms with Gasteiger partial charge in [-0.05, 0) is 23.8 Å². The molecule has 1 aliphatic rings. The maximum Gasteiger partial charge on any atom is 0.416 e. The van der Waals surface area contributed by atoms with Gasteiger partial charge >= 0.3 is 6.18 Å². The van der Waals surface area contributed by atoms with Crippen molar-refractivity contribution < 1.29 is 22.8 Å². The fourth-order valence-electron chi connectivity index (χ4n) is 2.51. The first-order valence-electron chi connectivity index (χ1n) is 6.50. The highest BCUT2D eigenvalue weighted by atomic mass is 19.4. The first-order valence-corrected chi connectivity index (χ1v) is 6.50. The van der Waals surface area contributed by atoms with Gasteiger partial charge in [-0.2, -0.15) is 13.2 Å². The van der Waals surface area contributed by atoms with Crippen molar-refractivity contribution in [3.8, 4) is 0 Å². The van der Waals surface area contributed by atoms with Crippen molar-refractivity contribution in [2.75, 3.05) is 4.90 Å². The van der Waals surface area contributed by atoms with Crippen molar-refractivity contribution in [3.63, 3.8) is 0 Å². The molecule has 2 aromatic rings. The van der Waals surface area contributed by atoms with Crippen LogP contribution in [-0.2, 0) is 17.5 Å². The SMILES string of the molecule is O=C1C(=O)N(Cc2ccccc2C(F)(F)F)c2ccccc21. The molecule has 2 aromatic carbocycles. The Balaban J connectivity index is 2.02. The molecule has 0 atom stereocenters. The monoisotopic (exact) mass is 305 g/mol. The van der Waals surface area contributed by atoms with Crippen LogP contribution in [0.15, 0.2) is 48.5 Å². The predicted octanol–water partition coefficient (Wildman–Crippen LogP) is 3.43. The summed E-state index contributed by atoms with van der Waals surface area (Å²) >= 11 is 0. The lowest BCUT2D eigenvalue weighted by Crippen LogP contribution is -2.30. The Kier molecular flexibility index (Phi) is 3.24. The van der Waals surface area contributed by atoms with E-state index in [9.17, 15) is 22.8 Å². The van der Waals surface area contributed by atoms with Gasteiger partial charge in [0.25, 0.3) is 11.7 Å². The van der Waals surface area contributed by atoms with E-state index in [0.29, 0.717) is 5.69 Å². The smallest absolute Gasteiger partial charge is 0.300 e. The van der Waals surface area contributed by atoms with Crippen molar-refractivity contribution in [2.45, 2.75) is 12.7 Å². The summed E-state index contributed by atoms with van der Waals surface area (Å²) in [5, 5.41) is 0. The molecule has 0 unspecified atom stereocenters. The number of anilines is 1. The molecule has 0 aliphatic carbocycles. The zero-order chi connectivity index (χ0) is 15.9. The Hall–Kier alpha value is -2.63. The summed E-state index contributed by atoms with van der Waals surface area (Å²) in [5.41, 5.74) is -0.293. The van der Waals surface area contributed by atoms with E-state index in [4.69, 9.17) is 0 Å². The topological polar surface area (TPSA) is 37.4 Å². The van der Waals surface area contributed by atoms with Gasteiger partial charge in [0.1, 0.15) is 0 Å². The van der Waals surface area contributed by atoms with E-state index in [1.54, 1.807) is 18.2 Å². The number of carbonyl (C=O) groups is 2. The molecule has 0 spiro atoms. The molecule has 0 bridgehead atoms. The van der Waals surface area contributed by atoms with E-state index in [-0.39, 0.29) is 17.7 Å². The van der Waals surface area contributed by atoms with Crippen LogP contribution in [0.3, 0.4) is 0 Å². The number of nitrogens with zero attached hydrogens (tertiary/aromatic N) is 1. The maximum absolute atomic E-state index is 13.0. The van der Waals surface area contributed by atoms with Crippen LogP contribution in [-0.4, -0.2) is 11.7 Å². The average Bonchev–Trinajstić information content (AvgIpc) is 2.72. The minimum Gasteiger partial charge on any atom is -0.300 e. The summed E-state index contributed by atoms with van der Waals surface area (Å²) in [4.78, 5) is 25.0. The fraction of sp³-hybridized carbons (Fsp3) is 0.125. The lowest BCUT2D eigenvalue weighted by Gasteiger charge is -2.19. The molecule has 0 aromatic heterocycles. The van der Waals surface area contributed by atoms with Gasteiger partial charge in [-0.25, -0.2) is 0 Å². The lowest BCUT2D eigenvalue weighted by atomic mass is 10.1. The zero-order valence-corrected chi connectivity index (χ0v) is 11.2. The Morgan fingerprint density at radius 2 is 1.55 bits per heavy atom. The van der Waals surface area contributed by atoms with Crippen molar-refractivity contribution in [1.82, 2.24) is 0 Å². The molecule has 112 valence electrons. The van der Waals surface area contributed by atoms with Gasteiger partial charge in [-0.15, -0.1) is 0 Å². The molecule has 1 aliphatic heterocycles. The van der Waals surface area contributed by atoms with E-state index in [1.165, 1.54) is 24.3 Å². The lowest BCUT2D eigenvalue weighted by molar-refractivity contribution is -0.138. The van der Waals surface area contributed by atoms with Gasteiger partial charge in [0.15, 0.2) is 0 Å². The van der Waals surface area contributed by atoms with E-state index in [2.05, 4.69) is 0 Å². The maximum atomic E-state index is 13.0. The van der Waals surface area contributed by atoms with Gasteiger partial charge in [-0.1, -0.05) is 30.3 Å². The van der Waals surface area contributed by atoms with Crippen LogP contribution in [0.1, 0.15) is 21.5 Å². The normalized spacial score (nSPS) is 14.4. The van der Waals surface area contributed by atoms with Crippen molar-refractivity contribution in [2.24, 2.45) is 0 Å². The number of Topliss-reactive ketones (excluding diaryl/α,β-unsaturated/α-hetero) is 1. The Labute approximate surface area is 124 Å². The number of carbonyl (C=O) groups excluding carboxylic acids is 2. The van der Waals surface area contributed by atoms with Gasteiger partial charge in [-0.3, -0.25) is 9.59 Å². The number of hydrogen-bond acceptors (Lipinski definition) is 2. The fourth-order valence-corrected chi connectivity index (χ4v) is 2.51. The molecule has 0 N–H and O–H groups in total. The highest BCUT2D eigenvalue weighted by molar-refractivity contribution is 6.52. The summed E-state index contributed by atoms with van der Waals surface area (Å²) in [6.45, 7) is -0.294. The Bertz CT molecular complexity index is 768. The molecule has 3 nitrogen and oxygen atoms in total. The summed E-state index contributed by atoms with van der Waals surface area (Å²) in [6, 6.07) is 11.3. The number of halogens is 3. The van der Waals surface area contributed by atoms with Crippen LogP contribution < -0.4 is 4.90 Å². The van der Waals surface area contributed by atoms with Gasteiger partial charge in [0.2, 0.25) is 0 Å². The van der Waals surface area contributed by atoms with Gasteiger partial charge in [0.05, 0.1) is 23.4 Å². The second-order valence-corrected chi connectivity index (χ2v) is 4.89. The summed E-state index contributed by atoms with van der Waals surface area (Å²) in [6.07, 6.45) is -4.51. The van der Waals surface area contributed by atoms with Crippen LogP contribution in [0.4, 0.5) is 18.9 Å². The molecule has 22 heavy (non-hydrogen) atoms. The number of ketones is 1. The second-order valence-electron chi connectivity index (χ2n) is 4.89. The number of benzene rings is 2. The molecule has 3 rings (SSSR count). The molecule has 6 heteroatoms. The summed E-state index contributed by atoms with van der Waals surface area (Å²) in [7, 11) is 0. The quantitative estimate of drug-likeness (QED) is 0.797. The first-order chi connectivity index (χ1) is 10.4. The van der Waals surface area contributed by atoms with Gasteiger partial charge < -0.3 is 4.90 Å². The highest BCUT2D eigenvalue weighted by Crippen LogP contribution is 2.35. The number of rotatable bonds is 2. The van der Waals surface area contributed by atoms with Crippen LogP contribution >= 0.6 is 0 Å². The summed E-state index contributed by atoms with van der Waals surface area (Å²) in [5.74, 6) is -1.50. The van der Waals surface area contributed by atoms with Crippen LogP contribution in [0.2, 0.25) is 0 Å². The van der Waals surface area contributed by atoms with Crippen molar-refractivity contribution in [3.05, 3.63) is 65.2 Å². The largest absolute Gasteiger partial charge is 0.416 e. The summed E-state index contributed by atoms with van der Waals surface area (Å²) < 4.78 is 39.1. The van der Waals surface area contributed by atoms with Crippen LogP contribution in [0.5, 0.6) is 0 Å². The molecule has 0 saturated carbocycles. The molecule has 0 fully saturated rings. The van der Waals surface area contributed by atoms with E-state index >= 15 is 0 Å². The molecule has 1 heterocycles. The molecule has 0 saturated heterocycles. The van der Waals surface area contributed by atoms with E-state index in [0.717, 1.165) is 11.0 Å². The second kappa shape index (κ2) is 4.98. The van der Waals surface area contributed by atoms with Gasteiger partial charge in [0, 0.05) is 0 Å². The van der Waals surface area contributed by atoms with E-state index in [1.807, 2.05) is 0 Å².